The number of hydrogen-bond acceptors (Lipinski definition) is 4. The normalized spacial score (nSPS) is 10.7. The zero-order valence-corrected chi connectivity index (χ0v) is 18.1. The van der Waals surface area contributed by atoms with Crippen molar-refractivity contribution >= 4 is 46.9 Å². The molecule has 0 aliphatic carbocycles. The number of carbonyl (C=O) groups excluding carboxylic acids is 2. The minimum Gasteiger partial charge on any atom is -0.489 e. The smallest absolute Gasteiger partial charge is 0.329 e. The Morgan fingerprint density at radius 3 is 2.29 bits per heavy atom. The fourth-order valence-corrected chi connectivity index (χ4v) is 2.91. The van der Waals surface area contributed by atoms with Crippen molar-refractivity contribution in [2.75, 3.05) is 5.32 Å². The van der Waals surface area contributed by atoms with E-state index in [1.807, 2.05) is 24.3 Å². The zero-order valence-electron chi connectivity index (χ0n) is 16.6. The maximum absolute atomic E-state index is 12.0. The second-order valence-corrected chi connectivity index (χ2v) is 7.47. The summed E-state index contributed by atoms with van der Waals surface area (Å²) >= 11 is 11.7. The van der Waals surface area contributed by atoms with Gasteiger partial charge in [-0.25, -0.2) is 5.43 Å². The lowest BCUT2D eigenvalue weighted by Crippen LogP contribution is -2.32. The summed E-state index contributed by atoms with van der Waals surface area (Å²) < 4.78 is 5.72. The first-order valence-electron chi connectivity index (χ1n) is 9.28. The van der Waals surface area contributed by atoms with E-state index in [9.17, 15) is 9.59 Å². The summed E-state index contributed by atoms with van der Waals surface area (Å²) in [5.74, 6) is -1.02. The second-order valence-electron chi connectivity index (χ2n) is 6.60. The number of carbonyl (C=O) groups is 2. The first-order chi connectivity index (χ1) is 14.9. The van der Waals surface area contributed by atoms with Crippen molar-refractivity contribution in [1.82, 2.24) is 5.43 Å². The number of aryl methyl sites for hydroxylation is 1. The number of nitrogens with zero attached hydrogens (tertiary/aromatic N) is 1. The van der Waals surface area contributed by atoms with Crippen molar-refractivity contribution in [2.24, 2.45) is 5.10 Å². The largest absolute Gasteiger partial charge is 0.489 e. The van der Waals surface area contributed by atoms with Crippen molar-refractivity contribution < 1.29 is 14.3 Å². The lowest BCUT2D eigenvalue weighted by molar-refractivity contribution is -0.136. The summed E-state index contributed by atoms with van der Waals surface area (Å²) in [5, 5.41) is 7.55. The lowest BCUT2D eigenvalue weighted by Gasteiger charge is -2.07. The van der Waals surface area contributed by atoms with E-state index in [1.54, 1.807) is 49.4 Å². The van der Waals surface area contributed by atoms with Gasteiger partial charge in [0.2, 0.25) is 0 Å². The van der Waals surface area contributed by atoms with E-state index in [0.717, 1.165) is 16.7 Å². The Morgan fingerprint density at radius 1 is 0.935 bits per heavy atom. The van der Waals surface area contributed by atoms with Gasteiger partial charge >= 0.3 is 11.8 Å². The number of ether oxygens (including phenoxy) is 1. The molecule has 8 heteroatoms. The Morgan fingerprint density at radius 2 is 1.61 bits per heavy atom. The molecule has 0 atom stereocenters. The van der Waals surface area contributed by atoms with E-state index in [-0.39, 0.29) is 0 Å². The van der Waals surface area contributed by atoms with Crippen molar-refractivity contribution in [3.63, 3.8) is 0 Å². The predicted octanol–water partition coefficient (Wildman–Crippen LogP) is 4.97. The molecule has 0 saturated heterocycles. The summed E-state index contributed by atoms with van der Waals surface area (Å²) in [5.41, 5.74) is 5.18. The van der Waals surface area contributed by atoms with Crippen LogP contribution in [0.3, 0.4) is 0 Å². The number of nitrogens with one attached hydrogen (secondary N) is 2. The molecule has 0 fully saturated rings. The van der Waals surface area contributed by atoms with Gasteiger partial charge in [0.1, 0.15) is 12.4 Å². The molecule has 0 saturated carbocycles. The first kappa shape index (κ1) is 22.3. The minimum atomic E-state index is -0.881. The molecule has 0 radical (unpaired) electrons. The van der Waals surface area contributed by atoms with Gasteiger partial charge in [0.05, 0.1) is 6.21 Å². The Labute approximate surface area is 189 Å². The van der Waals surface area contributed by atoms with Crippen LogP contribution in [-0.4, -0.2) is 18.0 Å². The topological polar surface area (TPSA) is 79.8 Å². The maximum Gasteiger partial charge on any atom is 0.329 e. The molecule has 2 amide bonds. The monoisotopic (exact) mass is 455 g/mol. The molecule has 158 valence electrons. The summed E-state index contributed by atoms with van der Waals surface area (Å²) in [6.07, 6.45) is 1.43. The van der Waals surface area contributed by atoms with E-state index >= 15 is 0 Å². The molecule has 0 bridgehead atoms. The van der Waals surface area contributed by atoms with Crippen LogP contribution in [0.5, 0.6) is 5.75 Å². The second kappa shape index (κ2) is 10.6. The third-order valence-electron chi connectivity index (χ3n) is 4.22. The maximum atomic E-state index is 12.0. The summed E-state index contributed by atoms with van der Waals surface area (Å²) in [6.45, 7) is 2.20. The number of rotatable bonds is 6. The average molecular weight is 456 g/mol. The first-order valence-corrected chi connectivity index (χ1v) is 10.0. The predicted molar refractivity (Wildman–Crippen MR) is 123 cm³/mol. The number of halogens is 2. The number of hydrazone groups is 1. The van der Waals surface area contributed by atoms with Gasteiger partial charge in [-0.2, -0.15) is 5.10 Å². The van der Waals surface area contributed by atoms with E-state index in [2.05, 4.69) is 15.8 Å². The van der Waals surface area contributed by atoms with Crippen LogP contribution in [0, 0.1) is 6.92 Å². The molecule has 3 aromatic rings. The highest BCUT2D eigenvalue weighted by Crippen LogP contribution is 2.19. The highest BCUT2D eigenvalue weighted by Gasteiger charge is 2.14. The summed E-state index contributed by atoms with van der Waals surface area (Å²) in [6, 6.07) is 19.5. The Hall–Kier alpha value is -3.35. The van der Waals surface area contributed by atoms with Gasteiger partial charge in [0.15, 0.2) is 0 Å². The van der Waals surface area contributed by atoms with Crippen LogP contribution in [0.25, 0.3) is 0 Å². The Bertz CT molecular complexity index is 1100. The molecule has 0 aromatic heterocycles. The van der Waals surface area contributed by atoms with Gasteiger partial charge in [0, 0.05) is 15.7 Å². The Kier molecular flexibility index (Phi) is 7.65. The number of benzene rings is 3. The third-order valence-corrected chi connectivity index (χ3v) is 4.71. The van der Waals surface area contributed by atoms with Gasteiger partial charge in [0.25, 0.3) is 0 Å². The van der Waals surface area contributed by atoms with Crippen LogP contribution in [0.4, 0.5) is 5.69 Å². The van der Waals surface area contributed by atoms with Gasteiger partial charge in [-0.15, -0.1) is 0 Å². The van der Waals surface area contributed by atoms with Crippen LogP contribution in [0.2, 0.25) is 10.0 Å². The third kappa shape index (κ3) is 6.84. The van der Waals surface area contributed by atoms with Crippen molar-refractivity contribution in [3.8, 4) is 5.75 Å². The van der Waals surface area contributed by atoms with Crippen LogP contribution < -0.4 is 15.5 Å². The summed E-state index contributed by atoms with van der Waals surface area (Å²) in [4.78, 5) is 23.9. The van der Waals surface area contributed by atoms with E-state index in [4.69, 9.17) is 27.9 Å². The molecule has 3 aromatic carbocycles. The molecule has 6 nitrogen and oxygen atoms in total. The SMILES string of the molecule is Cc1cc(Cl)ccc1NC(=O)C(=O)N/N=C\c1ccc(OCc2ccc(Cl)cc2)cc1. The number of hydrogen-bond donors (Lipinski definition) is 2. The standard InChI is InChI=1S/C23H19Cl2N3O3/c1-15-12-19(25)8-11-21(15)27-22(29)23(30)28-26-13-16-4-9-20(10-5-16)31-14-17-2-6-18(24)7-3-17/h2-13H,14H2,1H3,(H,27,29)(H,28,30)/b26-13-. The van der Waals surface area contributed by atoms with Crippen molar-refractivity contribution in [1.29, 1.82) is 0 Å². The van der Waals surface area contributed by atoms with Crippen molar-refractivity contribution in [3.05, 3.63) is 93.5 Å². The molecule has 0 aliphatic heterocycles. The van der Waals surface area contributed by atoms with E-state index in [1.165, 1.54) is 6.21 Å². The molecule has 0 heterocycles. The molecule has 3 rings (SSSR count). The fourth-order valence-electron chi connectivity index (χ4n) is 2.56. The summed E-state index contributed by atoms with van der Waals surface area (Å²) in [7, 11) is 0. The quantitative estimate of drug-likeness (QED) is 0.312. The zero-order chi connectivity index (χ0) is 22.2. The lowest BCUT2D eigenvalue weighted by atomic mass is 10.2. The molecule has 0 unspecified atom stereocenters. The molecule has 0 aliphatic rings. The molecule has 31 heavy (non-hydrogen) atoms. The minimum absolute atomic E-state index is 0.420. The van der Waals surface area contributed by atoms with E-state index in [0.29, 0.717) is 28.1 Å². The van der Waals surface area contributed by atoms with Crippen LogP contribution in [-0.2, 0) is 16.2 Å². The average Bonchev–Trinajstić information content (AvgIpc) is 2.76. The van der Waals surface area contributed by atoms with Gasteiger partial charge in [-0.3, -0.25) is 9.59 Å². The van der Waals surface area contributed by atoms with Crippen LogP contribution in [0.1, 0.15) is 16.7 Å². The molecule has 0 spiro atoms. The highest BCUT2D eigenvalue weighted by molar-refractivity contribution is 6.39. The van der Waals surface area contributed by atoms with Gasteiger partial charge < -0.3 is 10.1 Å². The number of anilines is 1. The van der Waals surface area contributed by atoms with Gasteiger partial charge in [-0.1, -0.05) is 35.3 Å². The molecular weight excluding hydrogens is 437 g/mol. The van der Waals surface area contributed by atoms with Crippen LogP contribution >= 0.6 is 23.2 Å². The molecular formula is C23H19Cl2N3O3. The van der Waals surface area contributed by atoms with E-state index < -0.39 is 11.8 Å². The van der Waals surface area contributed by atoms with Crippen molar-refractivity contribution in [2.45, 2.75) is 13.5 Å². The Balaban J connectivity index is 1.48. The van der Waals surface area contributed by atoms with Crippen LogP contribution in [0.15, 0.2) is 71.8 Å². The van der Waals surface area contributed by atoms with Gasteiger partial charge in [-0.05, 0) is 78.2 Å². The molecule has 2 N–H and O–H groups in total. The fraction of sp³-hybridized carbons (Fsp3) is 0.0870. The highest BCUT2D eigenvalue weighted by atomic mass is 35.5. The number of amides is 2.